The van der Waals surface area contributed by atoms with E-state index in [4.69, 9.17) is 4.74 Å². The Kier molecular flexibility index (Phi) is 7.50. The molecule has 1 atom stereocenters. The topological polar surface area (TPSA) is 111 Å². The first kappa shape index (κ1) is 24.2. The van der Waals surface area contributed by atoms with Crippen LogP contribution in [0.25, 0.3) is 0 Å². The Labute approximate surface area is 214 Å². The summed E-state index contributed by atoms with van der Waals surface area (Å²) in [5, 5.41) is 6.09. The molecular formula is C28H28N6O3. The fraction of sp³-hybridized carbons (Fsp3) is 0.250. The smallest absolute Gasteiger partial charge is 0.294 e. The molecule has 2 N–H and O–H groups in total. The maximum atomic E-state index is 13.2. The zero-order chi connectivity index (χ0) is 25.5. The number of hydrogen-bond acceptors (Lipinski definition) is 7. The Morgan fingerprint density at radius 3 is 2.51 bits per heavy atom. The number of carbonyl (C=O) groups excluding carboxylic acids is 1. The van der Waals surface area contributed by atoms with Gasteiger partial charge in [0.05, 0.1) is 5.69 Å². The van der Waals surface area contributed by atoms with Gasteiger partial charge >= 0.3 is 0 Å². The lowest BCUT2D eigenvalue weighted by atomic mass is 10.1. The highest BCUT2D eigenvalue weighted by Crippen LogP contribution is 2.25. The third kappa shape index (κ3) is 5.83. The van der Waals surface area contributed by atoms with Crippen molar-refractivity contribution in [1.29, 1.82) is 0 Å². The zero-order valence-electron chi connectivity index (χ0n) is 20.3. The molecule has 4 heterocycles. The molecule has 5 rings (SSSR count). The molecule has 1 aliphatic rings. The first-order chi connectivity index (χ1) is 18.2. The number of aromatic nitrogens is 4. The zero-order valence-corrected chi connectivity index (χ0v) is 20.3. The minimum atomic E-state index is -0.580. The quantitative estimate of drug-likeness (QED) is 0.347. The van der Waals surface area contributed by atoms with Gasteiger partial charge in [-0.05, 0) is 43.2 Å². The van der Waals surface area contributed by atoms with Crippen LogP contribution in [0.2, 0.25) is 0 Å². The number of pyridine rings is 2. The summed E-state index contributed by atoms with van der Waals surface area (Å²) in [6.07, 6.45) is 6.99. The standard InChI is InChI=1S/C28H28N6O3/c35-27(33-17-20-7-1-2-10-25(20)37-19-22-9-4-6-15-30-22)24-12-11-23-18-32-26(28(36)34(23)24)31-16-13-21-8-3-5-14-29-21/h1-10,14-15,18,24H,11-13,16-17,19H2,(H,31,32)(H,33,35)/t24-/m0/s1. The number of nitrogens with one attached hydrogen (secondary N) is 2. The highest BCUT2D eigenvalue weighted by molar-refractivity contribution is 5.81. The predicted molar refractivity (Wildman–Crippen MR) is 139 cm³/mol. The van der Waals surface area contributed by atoms with Gasteiger partial charge in [-0.1, -0.05) is 30.3 Å². The van der Waals surface area contributed by atoms with Crippen molar-refractivity contribution in [2.24, 2.45) is 0 Å². The van der Waals surface area contributed by atoms with Crippen molar-refractivity contribution in [2.45, 2.75) is 38.5 Å². The van der Waals surface area contributed by atoms with Gasteiger partial charge in [-0.15, -0.1) is 0 Å². The minimum absolute atomic E-state index is 0.203. The molecule has 9 nitrogen and oxygen atoms in total. The molecule has 0 saturated heterocycles. The summed E-state index contributed by atoms with van der Waals surface area (Å²) in [4.78, 5) is 39.2. The number of amides is 1. The van der Waals surface area contributed by atoms with E-state index in [0.29, 0.717) is 38.2 Å². The number of carbonyl (C=O) groups is 1. The molecule has 0 fully saturated rings. The molecule has 0 radical (unpaired) electrons. The molecule has 1 aliphatic heterocycles. The summed E-state index contributed by atoms with van der Waals surface area (Å²) in [6, 6.07) is 18.4. The van der Waals surface area contributed by atoms with Gasteiger partial charge in [-0.2, -0.15) is 0 Å². The van der Waals surface area contributed by atoms with Gasteiger partial charge in [-0.25, -0.2) is 4.98 Å². The maximum absolute atomic E-state index is 13.2. The van der Waals surface area contributed by atoms with Gasteiger partial charge in [0, 0.05) is 55.1 Å². The Morgan fingerprint density at radius 2 is 1.73 bits per heavy atom. The van der Waals surface area contributed by atoms with Crippen LogP contribution in [0.4, 0.5) is 5.82 Å². The highest BCUT2D eigenvalue weighted by Gasteiger charge is 2.30. The number of rotatable bonds is 10. The third-order valence-corrected chi connectivity index (χ3v) is 6.29. The Hall–Kier alpha value is -4.53. The number of nitrogens with zero attached hydrogens (tertiary/aromatic N) is 4. The van der Waals surface area contributed by atoms with Crippen LogP contribution < -0.4 is 20.9 Å². The van der Waals surface area contributed by atoms with E-state index in [9.17, 15) is 9.59 Å². The van der Waals surface area contributed by atoms with Crippen LogP contribution in [0, 0.1) is 0 Å². The summed E-state index contributed by atoms with van der Waals surface area (Å²) in [6.45, 7) is 1.14. The molecule has 1 aromatic carbocycles. The molecule has 3 aromatic heterocycles. The number of anilines is 1. The molecule has 0 aliphatic carbocycles. The molecular weight excluding hydrogens is 468 g/mol. The monoisotopic (exact) mass is 496 g/mol. The van der Waals surface area contributed by atoms with Crippen molar-refractivity contribution in [1.82, 2.24) is 24.8 Å². The van der Waals surface area contributed by atoms with E-state index in [1.165, 1.54) is 0 Å². The van der Waals surface area contributed by atoms with E-state index in [1.54, 1.807) is 23.2 Å². The fourth-order valence-electron chi connectivity index (χ4n) is 4.39. The molecule has 0 bridgehead atoms. The third-order valence-electron chi connectivity index (χ3n) is 6.29. The van der Waals surface area contributed by atoms with Crippen LogP contribution in [0.1, 0.15) is 35.1 Å². The Morgan fingerprint density at radius 1 is 0.973 bits per heavy atom. The lowest BCUT2D eigenvalue weighted by Crippen LogP contribution is -2.36. The van der Waals surface area contributed by atoms with Gasteiger partial charge in [0.25, 0.3) is 5.56 Å². The van der Waals surface area contributed by atoms with Gasteiger partial charge in [0.2, 0.25) is 5.91 Å². The lowest BCUT2D eigenvalue weighted by molar-refractivity contribution is -0.124. The molecule has 0 saturated carbocycles. The van der Waals surface area contributed by atoms with Gasteiger partial charge in [0.15, 0.2) is 5.82 Å². The van der Waals surface area contributed by atoms with Crippen LogP contribution in [0.5, 0.6) is 5.75 Å². The van der Waals surface area contributed by atoms with E-state index < -0.39 is 6.04 Å². The van der Waals surface area contributed by atoms with Crippen molar-refractivity contribution in [3.05, 3.63) is 112 Å². The summed E-state index contributed by atoms with van der Waals surface area (Å²) in [5.41, 5.74) is 3.08. The van der Waals surface area contributed by atoms with Crippen LogP contribution >= 0.6 is 0 Å². The molecule has 188 valence electrons. The van der Waals surface area contributed by atoms with E-state index in [0.717, 1.165) is 22.6 Å². The van der Waals surface area contributed by atoms with Crippen molar-refractivity contribution < 1.29 is 9.53 Å². The SMILES string of the molecule is O=C(NCc1ccccc1OCc1ccccn1)[C@@H]1CCc2cnc(NCCc3ccccn3)c(=O)n21. The fourth-order valence-corrected chi connectivity index (χ4v) is 4.39. The van der Waals surface area contributed by atoms with E-state index in [1.807, 2.05) is 60.7 Å². The summed E-state index contributed by atoms with van der Waals surface area (Å²) < 4.78 is 7.52. The van der Waals surface area contributed by atoms with Crippen molar-refractivity contribution in [3.63, 3.8) is 0 Å². The van der Waals surface area contributed by atoms with Crippen LogP contribution in [0.15, 0.2) is 84.0 Å². The summed E-state index contributed by atoms with van der Waals surface area (Å²) in [7, 11) is 0. The Bertz CT molecular complexity index is 1410. The first-order valence-corrected chi connectivity index (χ1v) is 12.3. The molecule has 0 unspecified atom stereocenters. The second-order valence-electron chi connectivity index (χ2n) is 8.76. The number of benzene rings is 1. The van der Waals surface area contributed by atoms with Crippen molar-refractivity contribution >= 4 is 11.7 Å². The maximum Gasteiger partial charge on any atom is 0.294 e. The molecule has 1 amide bonds. The minimum Gasteiger partial charge on any atom is -0.487 e. The number of ether oxygens (including phenoxy) is 1. The second kappa shape index (κ2) is 11.5. The largest absolute Gasteiger partial charge is 0.487 e. The average Bonchev–Trinajstić information content (AvgIpc) is 3.39. The summed E-state index contributed by atoms with van der Waals surface area (Å²) >= 11 is 0. The number of hydrogen-bond donors (Lipinski definition) is 2. The van der Waals surface area contributed by atoms with E-state index in [-0.39, 0.29) is 23.8 Å². The Balaban J connectivity index is 1.22. The van der Waals surface area contributed by atoms with Crippen LogP contribution in [-0.4, -0.2) is 32.0 Å². The summed E-state index contributed by atoms with van der Waals surface area (Å²) in [5.74, 6) is 0.722. The highest BCUT2D eigenvalue weighted by atomic mass is 16.5. The average molecular weight is 497 g/mol. The number of fused-ring (bicyclic) bond motifs is 1. The number of aryl methyl sites for hydroxylation is 1. The molecule has 37 heavy (non-hydrogen) atoms. The first-order valence-electron chi connectivity index (χ1n) is 12.3. The number of para-hydroxylation sites is 1. The van der Waals surface area contributed by atoms with Gasteiger partial charge in [0.1, 0.15) is 18.4 Å². The van der Waals surface area contributed by atoms with Crippen LogP contribution in [0.3, 0.4) is 0 Å². The van der Waals surface area contributed by atoms with E-state index in [2.05, 4.69) is 25.6 Å². The molecule has 0 spiro atoms. The normalized spacial score (nSPS) is 14.1. The predicted octanol–water partition coefficient (Wildman–Crippen LogP) is 3.07. The second-order valence-corrected chi connectivity index (χ2v) is 8.76. The van der Waals surface area contributed by atoms with Crippen molar-refractivity contribution in [2.75, 3.05) is 11.9 Å². The van der Waals surface area contributed by atoms with Gasteiger partial charge < -0.3 is 15.4 Å². The van der Waals surface area contributed by atoms with Gasteiger partial charge in [-0.3, -0.25) is 24.1 Å². The molecule has 4 aromatic rings. The van der Waals surface area contributed by atoms with E-state index >= 15 is 0 Å². The molecule has 9 heteroatoms. The lowest BCUT2D eigenvalue weighted by Gasteiger charge is -2.17. The van der Waals surface area contributed by atoms with Crippen molar-refractivity contribution in [3.8, 4) is 5.75 Å². The van der Waals surface area contributed by atoms with Crippen LogP contribution in [-0.2, 0) is 30.8 Å².